The monoisotopic (exact) mass is 1240 g/mol. The molecule has 12 atom stereocenters. The van der Waals surface area contributed by atoms with Crippen LogP contribution < -0.4 is 16.0 Å². The smallest absolute Gasteiger partial charge is 0.248 e. The van der Waals surface area contributed by atoms with E-state index >= 15 is 14.4 Å². The van der Waals surface area contributed by atoms with Crippen molar-refractivity contribution in [3.8, 4) is 0 Å². The maximum atomic E-state index is 15.2. The number of morpholine rings is 1. The first kappa shape index (κ1) is 77.9. The van der Waals surface area contributed by atoms with Crippen molar-refractivity contribution < 1.29 is 62.6 Å². The van der Waals surface area contributed by atoms with Gasteiger partial charge in [-0.15, -0.1) is 0 Å². The summed E-state index contributed by atoms with van der Waals surface area (Å²) in [5, 5.41) is 20.6. The van der Waals surface area contributed by atoms with Crippen LogP contribution in [0.1, 0.15) is 149 Å². The Balaban J connectivity index is 3.03. The molecule has 0 bridgehead atoms. The number of likely N-dealkylation sites (N-methyl/N-ethyl adjacent to an activating group) is 7. The van der Waals surface area contributed by atoms with Crippen LogP contribution in [0.3, 0.4) is 0 Å². The van der Waals surface area contributed by atoms with Crippen LogP contribution in [-0.4, -0.2) is 251 Å². The van der Waals surface area contributed by atoms with Gasteiger partial charge in [0.15, 0.2) is 0 Å². The van der Waals surface area contributed by atoms with E-state index in [-0.39, 0.29) is 75.5 Å². The summed E-state index contributed by atoms with van der Waals surface area (Å²) in [6, 6.07) is -12.4. The van der Waals surface area contributed by atoms with E-state index in [9.17, 15) is 43.5 Å². The van der Waals surface area contributed by atoms with Gasteiger partial charge in [0, 0.05) is 55.9 Å². The zero-order valence-electron chi connectivity index (χ0n) is 57.5. The second-order valence-electron chi connectivity index (χ2n) is 27.0. The molecule has 2 heterocycles. The third kappa shape index (κ3) is 20.7. The average molecular weight is 1240 g/mol. The summed E-state index contributed by atoms with van der Waals surface area (Å²) in [5.41, 5.74) is 0. The number of aliphatic hydroxyl groups excluding tert-OH is 1. The fourth-order valence-electron chi connectivity index (χ4n) is 11.5. The molecule has 11 amide bonds. The predicted octanol–water partition coefficient (Wildman–Crippen LogP) is 2.99. The van der Waals surface area contributed by atoms with E-state index in [4.69, 9.17) is 4.74 Å². The zero-order valence-corrected chi connectivity index (χ0v) is 57.5. The third-order valence-electron chi connectivity index (χ3n) is 17.0. The van der Waals surface area contributed by atoms with Crippen LogP contribution in [-0.2, 0) is 57.5 Å². The summed E-state index contributed by atoms with van der Waals surface area (Å²) >= 11 is 0. The van der Waals surface area contributed by atoms with E-state index in [1.165, 1.54) is 85.7 Å². The summed E-state index contributed by atoms with van der Waals surface area (Å²) in [4.78, 5) is 172. The van der Waals surface area contributed by atoms with Crippen LogP contribution in [0.15, 0.2) is 12.2 Å². The van der Waals surface area contributed by atoms with E-state index in [0.717, 1.165) is 9.80 Å². The van der Waals surface area contributed by atoms with Crippen molar-refractivity contribution in [3.05, 3.63) is 12.2 Å². The number of carbonyl (C=O) groups is 11. The topological polar surface area (TPSA) is 279 Å². The Kier molecular flexibility index (Phi) is 31.2. The Morgan fingerprint density at radius 3 is 1.45 bits per heavy atom. The number of rotatable bonds is 15. The summed E-state index contributed by atoms with van der Waals surface area (Å²) < 4.78 is 5.80. The van der Waals surface area contributed by atoms with Crippen LogP contribution in [0.4, 0.5) is 0 Å². The first-order chi connectivity index (χ1) is 40.8. The lowest BCUT2D eigenvalue weighted by molar-refractivity contribution is -0.160. The number of fused-ring (bicyclic) bond motifs is 1. The molecule has 88 heavy (non-hydrogen) atoms. The Bertz CT molecular complexity index is 2430. The minimum absolute atomic E-state index is 0.0204. The highest BCUT2D eigenvalue weighted by molar-refractivity contribution is 5.99. The molecule has 0 aliphatic carbocycles. The van der Waals surface area contributed by atoms with Crippen molar-refractivity contribution in [3.63, 3.8) is 0 Å². The molecule has 0 unspecified atom stereocenters. The first-order valence-corrected chi connectivity index (χ1v) is 31.7. The number of amides is 11. The van der Waals surface area contributed by atoms with Gasteiger partial charge in [-0.05, 0) is 93.8 Å². The predicted molar refractivity (Wildman–Crippen MR) is 337 cm³/mol. The van der Waals surface area contributed by atoms with Crippen molar-refractivity contribution in [2.24, 2.45) is 41.4 Å². The molecule has 2 rings (SSSR count). The number of nitrogens with one attached hydrogen (secondary N) is 3. The Hall–Kier alpha value is -6.17. The fraction of sp³-hybridized carbons (Fsp3) is 0.797. The normalized spacial score (nSPS) is 27.3. The number of nitrogens with zero attached hydrogens (tertiary/aromatic N) is 8. The lowest BCUT2D eigenvalue weighted by atomic mass is 9.91. The van der Waals surface area contributed by atoms with E-state index in [0.29, 0.717) is 6.42 Å². The molecule has 0 aromatic heterocycles. The minimum atomic E-state index is -1.62. The molecule has 0 aromatic rings. The molecular weight excluding hydrogens is 1130 g/mol. The van der Waals surface area contributed by atoms with Gasteiger partial charge in [-0.25, -0.2) is 0 Å². The van der Waals surface area contributed by atoms with Gasteiger partial charge in [0.05, 0.1) is 25.9 Å². The quantitative estimate of drug-likeness (QED) is 0.172. The molecule has 2 saturated heterocycles. The van der Waals surface area contributed by atoms with Gasteiger partial charge in [0.2, 0.25) is 65.0 Å². The standard InChI is InChI=1S/C64H113N11O13/c1-24-26-27-42(15)54(77)53-57(80)66-44(25-2)59(82)68(17)34-50(76)69(18)45(30-36(3)4)56(79)67-51(40(11)12)63(86)70(19)46(31-37(5)6)55(78)65-43(16)58(81)75-28-29-88-35-49(75)62(85)72(21)47(32-38(7)8)60(83)71(20)48(33-39(9)10)61(84)73(22)52(41(13)14)64(87)74(53)23/h24,26,36-49,51-54,77H,25,27-35H2,1-23H3,(H,65,78)(H,66,80)(H,67,79)/b26-24+/t42-,43+,44+,45+,46+,47+,48+,49-,51+,52+,53+,54-/m1/s1. The zero-order chi connectivity index (χ0) is 67.7. The highest BCUT2D eigenvalue weighted by Gasteiger charge is 2.47. The summed E-state index contributed by atoms with van der Waals surface area (Å²) in [7, 11) is 9.97. The number of hydrogen-bond donors (Lipinski definition) is 4. The molecule has 24 nitrogen and oxygen atoms in total. The molecule has 502 valence electrons. The van der Waals surface area contributed by atoms with Gasteiger partial charge in [0.1, 0.15) is 60.4 Å². The van der Waals surface area contributed by atoms with E-state index in [1.807, 2.05) is 61.5 Å². The van der Waals surface area contributed by atoms with Gasteiger partial charge in [0.25, 0.3) is 0 Å². The number of carbonyl (C=O) groups excluding carboxylic acids is 11. The summed E-state index contributed by atoms with van der Waals surface area (Å²) in [5.74, 6) is -9.64. The molecule has 2 aliphatic rings. The summed E-state index contributed by atoms with van der Waals surface area (Å²) in [6.07, 6.45) is 3.01. The third-order valence-corrected chi connectivity index (χ3v) is 17.0. The van der Waals surface area contributed by atoms with Gasteiger partial charge >= 0.3 is 0 Å². The molecule has 0 radical (unpaired) electrons. The minimum Gasteiger partial charge on any atom is -0.390 e. The van der Waals surface area contributed by atoms with Crippen molar-refractivity contribution >= 4 is 65.0 Å². The lowest BCUT2D eigenvalue weighted by Gasteiger charge is -2.42. The first-order valence-electron chi connectivity index (χ1n) is 31.7. The molecule has 2 aliphatic heterocycles. The van der Waals surface area contributed by atoms with Gasteiger partial charge in [-0.3, -0.25) is 52.7 Å². The largest absolute Gasteiger partial charge is 0.390 e. The van der Waals surface area contributed by atoms with Crippen molar-refractivity contribution in [1.29, 1.82) is 0 Å². The van der Waals surface area contributed by atoms with E-state index in [2.05, 4.69) is 16.0 Å². The van der Waals surface area contributed by atoms with Crippen LogP contribution in [0.5, 0.6) is 0 Å². The number of allylic oxidation sites excluding steroid dienone is 2. The Morgan fingerprint density at radius 2 is 0.977 bits per heavy atom. The van der Waals surface area contributed by atoms with Crippen LogP contribution >= 0.6 is 0 Å². The number of ether oxygens (including phenoxy) is 1. The fourth-order valence-corrected chi connectivity index (χ4v) is 11.5. The average Bonchev–Trinajstić information content (AvgIpc) is 2.36. The Morgan fingerprint density at radius 1 is 0.523 bits per heavy atom. The molecule has 24 heteroatoms. The van der Waals surface area contributed by atoms with Crippen molar-refractivity contribution in [2.45, 2.75) is 216 Å². The maximum absolute atomic E-state index is 15.2. The highest BCUT2D eigenvalue weighted by atomic mass is 16.5. The number of hydrogen-bond acceptors (Lipinski definition) is 13. The van der Waals surface area contributed by atoms with Gasteiger partial charge < -0.3 is 65.0 Å². The van der Waals surface area contributed by atoms with Crippen molar-refractivity contribution in [1.82, 2.24) is 55.1 Å². The van der Waals surface area contributed by atoms with Crippen LogP contribution in [0, 0.1) is 41.4 Å². The second-order valence-corrected chi connectivity index (χ2v) is 27.0. The van der Waals surface area contributed by atoms with Gasteiger partial charge in [-0.2, -0.15) is 0 Å². The van der Waals surface area contributed by atoms with E-state index in [1.54, 1.807) is 54.5 Å². The SMILES string of the molecule is C/C=C/C[C@@H](C)[C@@H](O)[C@H]1C(=O)N[C@@H](CC)C(=O)N(C)CC(=O)N(C)[C@@H](CC(C)C)C(=O)N[C@@H](C(C)C)C(=O)N(C)[C@@H](CC(C)C)C(=O)N[C@@H](C)C(=O)N2CCOC[C@@H]2C(=O)N(C)[C@@H](CC(C)C)C(=O)N(C)[C@@H](CC(C)C)C(=O)N(C)[C@@H](C(C)C)C(=O)N1C. The molecule has 4 N–H and O–H groups in total. The molecule has 0 spiro atoms. The van der Waals surface area contributed by atoms with E-state index < -0.39 is 156 Å². The maximum Gasteiger partial charge on any atom is 0.248 e. The summed E-state index contributed by atoms with van der Waals surface area (Å²) in [6.45, 7) is 27.8. The second kappa shape index (κ2) is 35.3. The molecular formula is C64H113N11O13. The van der Waals surface area contributed by atoms with Crippen LogP contribution in [0.2, 0.25) is 0 Å². The number of aliphatic hydroxyl groups is 1. The van der Waals surface area contributed by atoms with Crippen molar-refractivity contribution in [2.75, 3.05) is 75.6 Å². The Labute approximate surface area is 525 Å². The highest BCUT2D eigenvalue weighted by Crippen LogP contribution is 2.26. The van der Waals surface area contributed by atoms with Crippen LogP contribution in [0.25, 0.3) is 0 Å². The van der Waals surface area contributed by atoms with Gasteiger partial charge in [-0.1, -0.05) is 109 Å². The molecule has 0 aromatic carbocycles. The molecule has 2 fully saturated rings. The molecule has 0 saturated carbocycles. The lowest BCUT2D eigenvalue weighted by Crippen LogP contribution is -2.64.